The summed E-state index contributed by atoms with van der Waals surface area (Å²) in [5.41, 5.74) is -2.19. The van der Waals surface area contributed by atoms with Crippen LogP contribution in [0.5, 0.6) is 0 Å². The van der Waals surface area contributed by atoms with Crippen molar-refractivity contribution in [2.45, 2.75) is 0 Å². The van der Waals surface area contributed by atoms with Gasteiger partial charge in [0.05, 0.1) is 6.20 Å². The lowest BCUT2D eigenvalue weighted by Crippen LogP contribution is -2.32. The average Bonchev–Trinajstić information content (AvgIpc) is 1.99. The molecular formula is C6H4FN2O4. The van der Waals surface area contributed by atoms with Gasteiger partial charge in [-0.05, 0) is 0 Å². The van der Waals surface area contributed by atoms with Gasteiger partial charge in [0.2, 0.25) is 5.82 Å². The lowest BCUT2D eigenvalue weighted by molar-refractivity contribution is -0.133. The van der Waals surface area contributed by atoms with Gasteiger partial charge in [0, 0.05) is 0 Å². The van der Waals surface area contributed by atoms with Gasteiger partial charge in [-0.3, -0.25) is 14.3 Å². The van der Waals surface area contributed by atoms with Gasteiger partial charge in [-0.1, -0.05) is 0 Å². The molecule has 1 radical (unpaired) electrons. The number of aromatic nitrogens is 2. The Hall–Kier alpha value is -1.92. The van der Waals surface area contributed by atoms with E-state index in [2.05, 4.69) is 0 Å². The van der Waals surface area contributed by atoms with E-state index < -0.39 is 23.0 Å². The molecule has 69 valence electrons. The van der Waals surface area contributed by atoms with Crippen molar-refractivity contribution < 1.29 is 14.3 Å². The summed E-state index contributed by atoms with van der Waals surface area (Å²) in [7, 11) is 0. The van der Waals surface area contributed by atoms with E-state index in [1.807, 2.05) is 0 Å². The maximum absolute atomic E-state index is 12.5. The topological polar surface area (TPSA) is 92.2 Å². The number of nitrogens with one attached hydrogen (secondary N) is 1. The Bertz CT molecular complexity index is 447. The monoisotopic (exact) mass is 187 g/mol. The number of aromatic amines is 1. The van der Waals surface area contributed by atoms with Crippen LogP contribution < -0.4 is 11.2 Å². The van der Waals surface area contributed by atoms with E-state index in [-0.39, 0.29) is 0 Å². The molecule has 1 aromatic heterocycles. The molecule has 0 fully saturated rings. The van der Waals surface area contributed by atoms with Gasteiger partial charge in [-0.25, -0.2) is 9.59 Å². The molecule has 7 heteroatoms. The number of hydrogen-bond acceptors (Lipinski definition) is 3. The van der Waals surface area contributed by atoms with E-state index in [9.17, 15) is 18.8 Å². The van der Waals surface area contributed by atoms with E-state index >= 15 is 0 Å². The molecule has 0 amide bonds. The van der Waals surface area contributed by atoms with Gasteiger partial charge in [0.15, 0.2) is 6.54 Å². The molecule has 0 saturated carbocycles. The van der Waals surface area contributed by atoms with Gasteiger partial charge in [0.1, 0.15) is 0 Å². The first-order chi connectivity index (χ1) is 6.00. The zero-order valence-electron chi connectivity index (χ0n) is 6.15. The lowest BCUT2D eigenvalue weighted by atomic mass is 10.5. The minimum Gasteiger partial charge on any atom is -0.480 e. The number of aliphatic carboxylic acids is 1. The van der Waals surface area contributed by atoms with Gasteiger partial charge >= 0.3 is 11.7 Å². The minimum absolute atomic E-state index is 0.430. The van der Waals surface area contributed by atoms with Crippen molar-refractivity contribution in [1.29, 1.82) is 0 Å². The van der Waals surface area contributed by atoms with Gasteiger partial charge in [-0.15, -0.1) is 0 Å². The van der Waals surface area contributed by atoms with Crippen LogP contribution in [-0.2, 0) is 4.79 Å². The number of nitrogens with zero attached hydrogens (tertiary/aromatic N) is 1. The maximum Gasteiger partial charge on any atom is 0.329 e. The number of carboxylic acids is 1. The van der Waals surface area contributed by atoms with Crippen LogP contribution in [0.2, 0.25) is 0 Å². The van der Waals surface area contributed by atoms with Crippen molar-refractivity contribution in [3.63, 3.8) is 0 Å². The number of hydrogen-bond donors (Lipinski definition) is 2. The van der Waals surface area contributed by atoms with Crippen molar-refractivity contribution in [3.8, 4) is 0 Å². The first-order valence-corrected chi connectivity index (χ1v) is 3.09. The molecule has 1 aromatic rings. The average molecular weight is 187 g/mol. The molecule has 0 aliphatic carbocycles. The smallest absolute Gasteiger partial charge is 0.329 e. The number of rotatable bonds is 2. The number of H-pyrrole nitrogens is 1. The van der Waals surface area contributed by atoms with Crippen LogP contribution in [-0.4, -0.2) is 20.6 Å². The first-order valence-electron chi connectivity index (χ1n) is 3.09. The molecule has 0 aliphatic heterocycles. The molecule has 0 spiro atoms. The molecule has 0 unspecified atom stereocenters. The summed E-state index contributed by atoms with van der Waals surface area (Å²) < 4.78 is 12.9. The van der Waals surface area contributed by atoms with Crippen molar-refractivity contribution in [2.75, 3.05) is 0 Å². The van der Waals surface area contributed by atoms with Crippen molar-refractivity contribution in [3.05, 3.63) is 39.4 Å². The Labute approximate surface area is 70.3 Å². The SMILES string of the molecule is O=C(O)[CH]n1cc(F)c(=O)[nH]c1=O. The van der Waals surface area contributed by atoms with Crippen LogP contribution in [0.15, 0.2) is 15.8 Å². The van der Waals surface area contributed by atoms with E-state index in [0.29, 0.717) is 17.3 Å². The fraction of sp³-hybridized carbons (Fsp3) is 0. The minimum atomic E-state index is -1.42. The van der Waals surface area contributed by atoms with Crippen LogP contribution in [0.1, 0.15) is 0 Å². The van der Waals surface area contributed by atoms with Crippen molar-refractivity contribution >= 4 is 5.97 Å². The summed E-state index contributed by atoms with van der Waals surface area (Å²) in [6.45, 7) is 0.432. The highest BCUT2D eigenvalue weighted by atomic mass is 19.1. The summed E-state index contributed by atoms with van der Waals surface area (Å²) in [5.74, 6) is -2.65. The second-order valence-electron chi connectivity index (χ2n) is 2.11. The Morgan fingerprint density at radius 2 is 2.23 bits per heavy atom. The predicted octanol–water partition coefficient (Wildman–Crippen LogP) is -1.23. The standard InChI is InChI=1S/C6H4FN2O4/c7-3-1-9(2-4(10)11)6(13)8-5(3)12/h1-2H,(H,10,11)(H,8,12,13). The first kappa shape index (κ1) is 9.17. The van der Waals surface area contributed by atoms with E-state index in [1.54, 1.807) is 4.98 Å². The normalized spacial score (nSPS) is 9.92. The van der Waals surface area contributed by atoms with E-state index in [0.717, 1.165) is 0 Å². The predicted molar refractivity (Wildman–Crippen MR) is 38.6 cm³/mol. The second kappa shape index (κ2) is 3.21. The summed E-state index contributed by atoms with van der Waals surface area (Å²) in [6, 6.07) is 0. The molecule has 6 nitrogen and oxygen atoms in total. The molecule has 0 aliphatic rings. The molecule has 1 rings (SSSR count). The van der Waals surface area contributed by atoms with E-state index in [1.165, 1.54) is 0 Å². The Morgan fingerprint density at radius 1 is 1.62 bits per heavy atom. The highest BCUT2D eigenvalue weighted by Gasteiger charge is 2.06. The molecule has 0 saturated heterocycles. The summed E-state index contributed by atoms with van der Waals surface area (Å²) in [4.78, 5) is 32.9. The van der Waals surface area contributed by atoms with Crippen LogP contribution in [0.25, 0.3) is 0 Å². The third kappa shape index (κ3) is 2.01. The van der Waals surface area contributed by atoms with Crippen molar-refractivity contribution in [1.82, 2.24) is 9.55 Å². The van der Waals surface area contributed by atoms with Crippen LogP contribution in [0.3, 0.4) is 0 Å². The molecule has 0 atom stereocenters. The largest absolute Gasteiger partial charge is 0.480 e. The molecule has 1 heterocycles. The highest BCUT2D eigenvalue weighted by Crippen LogP contribution is 1.85. The summed E-state index contributed by atoms with van der Waals surface area (Å²) >= 11 is 0. The molecular weight excluding hydrogens is 183 g/mol. The van der Waals surface area contributed by atoms with Gasteiger partial charge in [0.25, 0.3) is 5.56 Å². The number of carboxylic acid groups (broad SMARTS) is 1. The van der Waals surface area contributed by atoms with Crippen LogP contribution >= 0.6 is 0 Å². The number of carbonyl (C=O) groups is 1. The molecule has 0 bridgehead atoms. The Morgan fingerprint density at radius 3 is 2.77 bits per heavy atom. The molecule has 2 N–H and O–H groups in total. The molecule has 0 aromatic carbocycles. The summed E-state index contributed by atoms with van der Waals surface area (Å²) in [6.07, 6.45) is 0.495. The fourth-order valence-corrected chi connectivity index (χ4v) is 0.676. The third-order valence-corrected chi connectivity index (χ3v) is 1.17. The third-order valence-electron chi connectivity index (χ3n) is 1.17. The van der Waals surface area contributed by atoms with Gasteiger partial charge in [-0.2, -0.15) is 4.39 Å². The Balaban J connectivity index is 3.24. The van der Waals surface area contributed by atoms with E-state index in [4.69, 9.17) is 5.11 Å². The van der Waals surface area contributed by atoms with Crippen molar-refractivity contribution in [2.24, 2.45) is 0 Å². The van der Waals surface area contributed by atoms with Crippen LogP contribution in [0, 0.1) is 12.4 Å². The quantitative estimate of drug-likeness (QED) is 0.606. The Kier molecular flexibility index (Phi) is 2.27. The zero-order chi connectivity index (χ0) is 10.0. The second-order valence-corrected chi connectivity index (χ2v) is 2.11. The zero-order valence-corrected chi connectivity index (χ0v) is 6.15. The molecule has 13 heavy (non-hydrogen) atoms. The van der Waals surface area contributed by atoms with Gasteiger partial charge < -0.3 is 5.11 Å². The van der Waals surface area contributed by atoms with Crippen LogP contribution in [0.4, 0.5) is 4.39 Å². The highest BCUT2D eigenvalue weighted by molar-refractivity contribution is 5.76. The fourth-order valence-electron chi connectivity index (χ4n) is 0.676. The summed E-state index contributed by atoms with van der Waals surface area (Å²) in [5, 5.41) is 8.22. The lowest BCUT2D eigenvalue weighted by Gasteiger charge is -1.98. The maximum atomic E-state index is 12.5. The number of halogens is 1.